The van der Waals surface area contributed by atoms with Gasteiger partial charge in [-0.3, -0.25) is 0 Å². The fourth-order valence-electron chi connectivity index (χ4n) is 1.95. The molecule has 0 unspecified atom stereocenters. The number of aliphatic carboxylic acids is 1. The molecule has 0 aliphatic carbocycles. The Morgan fingerprint density at radius 3 is 1.35 bits per heavy atom. The summed E-state index contributed by atoms with van der Waals surface area (Å²) >= 11 is 0. The predicted octanol–water partition coefficient (Wildman–Crippen LogP) is 2.83. The highest BCUT2D eigenvalue weighted by Gasteiger charge is 2.18. The van der Waals surface area contributed by atoms with Gasteiger partial charge in [0.1, 0.15) is 5.97 Å². The Hall–Kier alpha value is -0.710. The highest BCUT2D eigenvalue weighted by atomic mass is 19.3. The second-order valence-corrected chi connectivity index (χ2v) is 5.47. The first-order chi connectivity index (χ1) is 9.32. The van der Waals surface area contributed by atoms with Crippen LogP contribution < -0.4 is 5.11 Å². The van der Waals surface area contributed by atoms with Crippen LogP contribution in [0.2, 0.25) is 0 Å². The summed E-state index contributed by atoms with van der Waals surface area (Å²) in [7, 11) is 2.45. The lowest BCUT2D eigenvalue weighted by atomic mass is 10.2. The van der Waals surface area contributed by atoms with E-state index in [2.05, 4.69) is 27.8 Å². The Labute approximate surface area is 122 Å². The summed E-state index contributed by atoms with van der Waals surface area (Å²) in [5.41, 5.74) is 0. The van der Waals surface area contributed by atoms with Crippen LogP contribution in [0.15, 0.2) is 0 Å². The molecule has 0 aromatic rings. The van der Waals surface area contributed by atoms with Gasteiger partial charge >= 0.3 is 0 Å². The molecular weight excluding hydrogens is 264 g/mol. The maximum atomic E-state index is 10.5. The Morgan fingerprint density at radius 2 is 1.20 bits per heavy atom. The Balaban J connectivity index is 0. The first-order valence-electron chi connectivity index (χ1n) is 7.65. The smallest absolute Gasteiger partial charge is 0.277 e. The van der Waals surface area contributed by atoms with Crippen LogP contribution in [0.3, 0.4) is 0 Å². The monoisotopic (exact) mass is 295 g/mol. The van der Waals surface area contributed by atoms with Gasteiger partial charge in [-0.15, -0.1) is 0 Å². The third-order valence-corrected chi connectivity index (χ3v) is 3.33. The number of carboxylic acid groups (broad SMARTS) is 1. The van der Waals surface area contributed by atoms with E-state index in [0.29, 0.717) is 0 Å². The van der Waals surface area contributed by atoms with Crippen LogP contribution in [-0.2, 0) is 4.79 Å². The lowest BCUT2D eigenvalue weighted by molar-refractivity contribution is -0.910. The quantitative estimate of drug-likeness (QED) is 0.581. The second-order valence-electron chi connectivity index (χ2n) is 5.47. The minimum absolute atomic E-state index is 1.32. The van der Waals surface area contributed by atoms with E-state index >= 15 is 0 Å². The molecule has 0 rings (SSSR count). The number of nitrogens with zero attached hydrogens (tertiary/aromatic N) is 1. The molecule has 20 heavy (non-hydrogen) atoms. The fourth-order valence-corrected chi connectivity index (χ4v) is 1.95. The average Bonchev–Trinajstić information content (AvgIpc) is 2.41. The summed E-state index contributed by atoms with van der Waals surface area (Å²) in [5, 5.41) is 8.84. The molecule has 0 heterocycles. The molecule has 0 fully saturated rings. The first kappa shape index (κ1) is 21.6. The highest BCUT2D eigenvalue weighted by Crippen LogP contribution is 2.10. The number of hydrogen-bond acceptors (Lipinski definition) is 2. The summed E-state index contributed by atoms with van der Waals surface area (Å²) in [6.45, 7) is 11.0. The molecule has 0 aromatic heterocycles. The van der Waals surface area contributed by atoms with Crippen molar-refractivity contribution >= 4 is 5.97 Å². The van der Waals surface area contributed by atoms with Crippen LogP contribution in [0.5, 0.6) is 0 Å². The van der Waals surface area contributed by atoms with Gasteiger partial charge in [0.05, 0.1) is 26.7 Å². The summed E-state index contributed by atoms with van der Waals surface area (Å²) < 4.78 is 22.3. The van der Waals surface area contributed by atoms with Gasteiger partial charge in [0, 0.05) is 0 Å². The van der Waals surface area contributed by atoms with Gasteiger partial charge in [-0.1, -0.05) is 40.0 Å². The number of unbranched alkanes of at least 4 members (excludes halogenated alkanes) is 3. The third kappa shape index (κ3) is 13.7. The second kappa shape index (κ2) is 13.3. The zero-order valence-corrected chi connectivity index (χ0v) is 13.5. The van der Waals surface area contributed by atoms with Gasteiger partial charge in [-0.25, -0.2) is 8.78 Å². The van der Waals surface area contributed by atoms with Crippen molar-refractivity contribution in [3.8, 4) is 0 Å². The van der Waals surface area contributed by atoms with Crippen molar-refractivity contribution in [3.63, 3.8) is 0 Å². The van der Waals surface area contributed by atoms with E-state index in [4.69, 9.17) is 9.90 Å². The van der Waals surface area contributed by atoms with Crippen LogP contribution in [0, 0.1) is 0 Å². The van der Waals surface area contributed by atoms with Crippen LogP contribution in [0.4, 0.5) is 8.78 Å². The van der Waals surface area contributed by atoms with Crippen molar-refractivity contribution < 1.29 is 23.2 Å². The number of carbonyl (C=O) groups is 1. The van der Waals surface area contributed by atoms with Crippen molar-refractivity contribution in [2.45, 2.75) is 65.7 Å². The lowest BCUT2D eigenvalue weighted by Gasteiger charge is -2.34. The van der Waals surface area contributed by atoms with Crippen molar-refractivity contribution in [3.05, 3.63) is 0 Å². The Morgan fingerprint density at radius 1 is 0.950 bits per heavy atom. The summed E-state index contributed by atoms with van der Waals surface area (Å²) in [6.07, 6.45) is 4.85. The molecule has 0 spiro atoms. The molecule has 0 aliphatic rings. The maximum Gasteiger partial charge on any atom is 0.277 e. The molecule has 0 amide bonds. The topological polar surface area (TPSA) is 40.1 Å². The maximum absolute atomic E-state index is 10.5. The summed E-state index contributed by atoms with van der Waals surface area (Å²) in [5.74, 6) is -2.32. The molecule has 0 saturated carbocycles. The number of quaternary nitrogens is 1. The Kier molecular flexibility index (Phi) is 14.3. The van der Waals surface area contributed by atoms with Gasteiger partial charge in [-0.05, 0) is 19.3 Å². The van der Waals surface area contributed by atoms with Crippen molar-refractivity contribution in [2.24, 2.45) is 0 Å². The van der Waals surface area contributed by atoms with E-state index in [1.165, 1.54) is 62.6 Å². The van der Waals surface area contributed by atoms with Crippen LogP contribution >= 0.6 is 0 Å². The molecule has 0 aromatic carbocycles. The molecule has 0 radical (unpaired) electrons. The van der Waals surface area contributed by atoms with Gasteiger partial charge in [-0.2, -0.15) is 0 Å². The molecular formula is C15H31F2NO2. The Bertz CT molecular complexity index is 214. The molecule has 122 valence electrons. The van der Waals surface area contributed by atoms with Gasteiger partial charge < -0.3 is 14.4 Å². The minimum Gasteiger partial charge on any atom is -0.544 e. The molecule has 0 saturated heterocycles. The minimum atomic E-state index is -3.34. The molecule has 0 atom stereocenters. The van der Waals surface area contributed by atoms with E-state index < -0.39 is 12.4 Å². The zero-order valence-electron chi connectivity index (χ0n) is 13.5. The van der Waals surface area contributed by atoms with E-state index in [0.717, 1.165) is 0 Å². The van der Waals surface area contributed by atoms with E-state index in [9.17, 15) is 8.78 Å². The van der Waals surface area contributed by atoms with E-state index in [-0.39, 0.29) is 0 Å². The van der Waals surface area contributed by atoms with E-state index in [1.807, 2.05) is 0 Å². The summed E-state index contributed by atoms with van der Waals surface area (Å²) in [6, 6.07) is 0. The number of rotatable bonds is 10. The van der Waals surface area contributed by atoms with Crippen LogP contribution in [-0.4, -0.2) is 43.6 Å². The van der Waals surface area contributed by atoms with Gasteiger partial charge in [0.2, 0.25) is 0 Å². The first-order valence-corrected chi connectivity index (χ1v) is 7.65. The van der Waals surface area contributed by atoms with Crippen LogP contribution in [0.1, 0.15) is 59.3 Å². The lowest BCUT2D eigenvalue weighted by Crippen LogP contribution is -2.46. The molecule has 3 nitrogen and oxygen atoms in total. The predicted molar refractivity (Wildman–Crippen MR) is 76.5 cm³/mol. The fraction of sp³-hybridized carbons (Fsp3) is 0.933. The van der Waals surface area contributed by atoms with Crippen molar-refractivity contribution in [1.29, 1.82) is 0 Å². The van der Waals surface area contributed by atoms with Crippen molar-refractivity contribution in [2.75, 3.05) is 26.7 Å². The highest BCUT2D eigenvalue weighted by molar-refractivity contribution is 5.67. The van der Waals surface area contributed by atoms with Crippen LogP contribution in [0.25, 0.3) is 0 Å². The number of alkyl halides is 2. The average molecular weight is 295 g/mol. The normalized spacial score (nSPS) is 11.2. The number of carboxylic acids is 1. The molecule has 5 heteroatoms. The standard InChI is InChI=1S/C13H30N.C2H2F2O2/c1-5-8-11-14(4,12-9-6-2)13-10-7-3;3-1(4)2(5)6/h5-13H2,1-4H3;1H,(H,5,6)/q+1;/p-1. The van der Waals surface area contributed by atoms with Crippen molar-refractivity contribution in [1.82, 2.24) is 0 Å². The largest absolute Gasteiger partial charge is 0.544 e. The number of carbonyl (C=O) groups excluding carboxylic acids is 1. The third-order valence-electron chi connectivity index (χ3n) is 3.33. The zero-order chi connectivity index (χ0) is 16.0. The molecule has 0 N–H and O–H groups in total. The number of halogens is 2. The number of hydrogen-bond donors (Lipinski definition) is 0. The van der Waals surface area contributed by atoms with Gasteiger partial charge in [0.15, 0.2) is 0 Å². The van der Waals surface area contributed by atoms with Gasteiger partial charge in [0.25, 0.3) is 6.43 Å². The molecule has 0 bridgehead atoms. The van der Waals surface area contributed by atoms with E-state index in [1.54, 1.807) is 0 Å². The SMILES string of the molecule is CCCC[N+](C)(CCCC)CCCC.O=C([O-])C(F)F. The summed E-state index contributed by atoms with van der Waals surface area (Å²) in [4.78, 5) is 8.84. The molecule has 0 aliphatic heterocycles.